The molecule has 0 radical (unpaired) electrons. The maximum atomic E-state index is 12.3. The van der Waals surface area contributed by atoms with Crippen molar-refractivity contribution in [2.75, 3.05) is 0 Å². The predicted molar refractivity (Wildman–Crippen MR) is 86.4 cm³/mol. The van der Waals surface area contributed by atoms with Crippen molar-refractivity contribution in [3.05, 3.63) is 64.2 Å². The van der Waals surface area contributed by atoms with E-state index in [1.54, 1.807) is 19.1 Å². The molecule has 21 heavy (non-hydrogen) atoms. The van der Waals surface area contributed by atoms with E-state index in [0.29, 0.717) is 16.3 Å². The Balaban J connectivity index is 2.09. The Hall–Kier alpha value is -1.80. The fourth-order valence-corrected chi connectivity index (χ4v) is 2.21. The van der Waals surface area contributed by atoms with Gasteiger partial charge in [0.25, 0.3) is 0 Å². The van der Waals surface area contributed by atoms with E-state index < -0.39 is 6.10 Å². The Kier molecular flexibility index (Phi) is 5.03. The van der Waals surface area contributed by atoms with E-state index in [0.717, 1.165) is 12.0 Å². The quantitative estimate of drug-likeness (QED) is 0.737. The van der Waals surface area contributed by atoms with Gasteiger partial charge in [-0.3, -0.25) is 4.79 Å². The van der Waals surface area contributed by atoms with E-state index in [9.17, 15) is 4.79 Å². The fraction of sp³-hybridized carbons (Fsp3) is 0.278. The molecule has 0 saturated heterocycles. The van der Waals surface area contributed by atoms with Gasteiger partial charge in [0, 0.05) is 10.6 Å². The van der Waals surface area contributed by atoms with Crippen molar-refractivity contribution in [2.24, 2.45) is 0 Å². The van der Waals surface area contributed by atoms with Crippen LogP contribution in [0.4, 0.5) is 0 Å². The molecule has 0 saturated carbocycles. The minimum Gasteiger partial charge on any atom is -0.483 e. The summed E-state index contributed by atoms with van der Waals surface area (Å²) in [5.74, 6) is 0.633. The van der Waals surface area contributed by atoms with Crippen molar-refractivity contribution in [1.29, 1.82) is 0 Å². The van der Waals surface area contributed by atoms with Crippen LogP contribution in [0.25, 0.3) is 0 Å². The molecule has 2 nitrogen and oxygen atoms in total. The number of halogens is 1. The van der Waals surface area contributed by atoms with Gasteiger partial charge in [0.05, 0.1) is 0 Å². The van der Waals surface area contributed by atoms with Crippen molar-refractivity contribution in [3.63, 3.8) is 0 Å². The van der Waals surface area contributed by atoms with Gasteiger partial charge in [0.1, 0.15) is 5.75 Å². The number of rotatable bonds is 5. The molecule has 0 amide bonds. The van der Waals surface area contributed by atoms with E-state index in [1.807, 2.05) is 37.3 Å². The molecule has 0 aliphatic rings. The first-order valence-corrected chi connectivity index (χ1v) is 7.45. The van der Waals surface area contributed by atoms with Crippen LogP contribution in [0.15, 0.2) is 42.5 Å². The van der Waals surface area contributed by atoms with Crippen molar-refractivity contribution < 1.29 is 9.53 Å². The maximum absolute atomic E-state index is 12.3. The Bertz CT molecular complexity index is 632. The van der Waals surface area contributed by atoms with E-state index in [2.05, 4.69) is 6.92 Å². The molecule has 2 aromatic carbocycles. The normalized spacial score (nSPS) is 12.0. The summed E-state index contributed by atoms with van der Waals surface area (Å²) in [5, 5.41) is 0.691. The SMILES string of the molecule is CCc1ccc(C(=O)C(C)Oc2ccc(Cl)c(C)c2)cc1. The average molecular weight is 303 g/mol. The molecule has 0 N–H and O–H groups in total. The van der Waals surface area contributed by atoms with E-state index in [-0.39, 0.29) is 5.78 Å². The number of carbonyl (C=O) groups excluding carboxylic acids is 1. The van der Waals surface area contributed by atoms with Crippen LogP contribution in [-0.2, 0) is 6.42 Å². The zero-order valence-corrected chi connectivity index (χ0v) is 13.3. The molecule has 1 atom stereocenters. The van der Waals surface area contributed by atoms with Crippen molar-refractivity contribution >= 4 is 17.4 Å². The lowest BCUT2D eigenvalue weighted by Gasteiger charge is -2.14. The second kappa shape index (κ2) is 6.77. The van der Waals surface area contributed by atoms with E-state index in [4.69, 9.17) is 16.3 Å². The molecule has 0 bridgehead atoms. The third-order valence-corrected chi connectivity index (χ3v) is 3.88. The summed E-state index contributed by atoms with van der Waals surface area (Å²) in [5.41, 5.74) is 2.82. The second-order valence-electron chi connectivity index (χ2n) is 5.09. The third-order valence-electron chi connectivity index (χ3n) is 3.46. The number of ether oxygens (including phenoxy) is 1. The largest absolute Gasteiger partial charge is 0.483 e. The first-order valence-electron chi connectivity index (χ1n) is 7.07. The lowest BCUT2D eigenvalue weighted by molar-refractivity contribution is 0.0818. The smallest absolute Gasteiger partial charge is 0.202 e. The molecule has 110 valence electrons. The van der Waals surface area contributed by atoms with Crippen LogP contribution >= 0.6 is 11.6 Å². The standard InChI is InChI=1S/C18H19ClO2/c1-4-14-5-7-15(8-6-14)18(20)13(3)21-16-9-10-17(19)12(2)11-16/h5-11,13H,4H2,1-3H3. The van der Waals surface area contributed by atoms with Crippen LogP contribution in [0.3, 0.4) is 0 Å². The first kappa shape index (κ1) is 15.6. The molecule has 0 fully saturated rings. The van der Waals surface area contributed by atoms with Gasteiger partial charge in [-0.25, -0.2) is 0 Å². The zero-order valence-electron chi connectivity index (χ0n) is 12.5. The molecule has 0 heterocycles. The molecule has 3 heteroatoms. The Morgan fingerprint density at radius 1 is 1.19 bits per heavy atom. The van der Waals surface area contributed by atoms with Gasteiger partial charge >= 0.3 is 0 Å². The Morgan fingerprint density at radius 2 is 1.86 bits per heavy atom. The summed E-state index contributed by atoms with van der Waals surface area (Å²) >= 11 is 5.98. The highest BCUT2D eigenvalue weighted by Gasteiger charge is 2.17. The summed E-state index contributed by atoms with van der Waals surface area (Å²) < 4.78 is 5.71. The second-order valence-corrected chi connectivity index (χ2v) is 5.49. The number of aryl methyl sites for hydroxylation is 2. The Labute approximate surface area is 130 Å². The van der Waals surface area contributed by atoms with Gasteiger partial charge in [-0.05, 0) is 49.6 Å². The van der Waals surface area contributed by atoms with E-state index >= 15 is 0 Å². The van der Waals surface area contributed by atoms with Crippen LogP contribution in [-0.4, -0.2) is 11.9 Å². The topological polar surface area (TPSA) is 26.3 Å². The summed E-state index contributed by atoms with van der Waals surface area (Å²) in [7, 11) is 0. The monoisotopic (exact) mass is 302 g/mol. The summed E-state index contributed by atoms with van der Waals surface area (Å²) in [6.07, 6.45) is 0.433. The number of Topliss-reactive ketones (excluding diaryl/α,β-unsaturated/α-hetero) is 1. The van der Waals surface area contributed by atoms with Crippen LogP contribution in [0, 0.1) is 6.92 Å². The molecular weight excluding hydrogens is 284 g/mol. The third kappa shape index (κ3) is 3.85. The first-order chi connectivity index (χ1) is 10.0. The molecule has 0 aliphatic carbocycles. The summed E-state index contributed by atoms with van der Waals surface area (Å²) in [6.45, 7) is 5.76. The zero-order chi connectivity index (χ0) is 15.4. The van der Waals surface area contributed by atoms with Gasteiger partial charge in [-0.1, -0.05) is 42.8 Å². The molecular formula is C18H19ClO2. The number of hydrogen-bond donors (Lipinski definition) is 0. The fourth-order valence-electron chi connectivity index (χ4n) is 2.09. The number of ketones is 1. The van der Waals surface area contributed by atoms with Crippen LogP contribution in [0.1, 0.15) is 35.3 Å². The highest BCUT2D eigenvalue weighted by Crippen LogP contribution is 2.22. The summed E-state index contributed by atoms with van der Waals surface area (Å²) in [6, 6.07) is 13.1. The molecule has 2 aromatic rings. The minimum absolute atomic E-state index is 0.0229. The Morgan fingerprint density at radius 3 is 2.43 bits per heavy atom. The highest BCUT2D eigenvalue weighted by atomic mass is 35.5. The van der Waals surface area contributed by atoms with Crippen LogP contribution < -0.4 is 4.74 Å². The highest BCUT2D eigenvalue weighted by molar-refractivity contribution is 6.31. The van der Waals surface area contributed by atoms with E-state index in [1.165, 1.54) is 5.56 Å². The summed E-state index contributed by atoms with van der Waals surface area (Å²) in [4.78, 5) is 12.3. The van der Waals surface area contributed by atoms with Crippen LogP contribution in [0.5, 0.6) is 5.75 Å². The molecule has 0 aliphatic heterocycles. The van der Waals surface area contributed by atoms with Crippen molar-refractivity contribution in [1.82, 2.24) is 0 Å². The number of carbonyl (C=O) groups is 1. The van der Waals surface area contributed by atoms with Crippen molar-refractivity contribution in [2.45, 2.75) is 33.3 Å². The molecule has 0 aromatic heterocycles. The predicted octanol–water partition coefficient (Wildman–Crippen LogP) is 4.86. The maximum Gasteiger partial charge on any atom is 0.202 e. The van der Waals surface area contributed by atoms with Gasteiger partial charge in [0.15, 0.2) is 6.10 Å². The average Bonchev–Trinajstić information content (AvgIpc) is 2.50. The lowest BCUT2D eigenvalue weighted by Crippen LogP contribution is -2.23. The van der Waals surface area contributed by atoms with Gasteiger partial charge in [0.2, 0.25) is 5.78 Å². The molecule has 2 rings (SSSR count). The van der Waals surface area contributed by atoms with Crippen LogP contribution in [0.2, 0.25) is 5.02 Å². The number of benzene rings is 2. The minimum atomic E-state index is -0.530. The number of hydrogen-bond acceptors (Lipinski definition) is 2. The van der Waals surface area contributed by atoms with Gasteiger partial charge < -0.3 is 4.74 Å². The van der Waals surface area contributed by atoms with Gasteiger partial charge in [-0.15, -0.1) is 0 Å². The molecule has 0 spiro atoms. The lowest BCUT2D eigenvalue weighted by atomic mass is 10.0. The van der Waals surface area contributed by atoms with Crippen molar-refractivity contribution in [3.8, 4) is 5.75 Å². The van der Waals surface area contributed by atoms with Gasteiger partial charge in [-0.2, -0.15) is 0 Å². The molecule has 1 unspecified atom stereocenters.